The Morgan fingerprint density at radius 2 is 1.89 bits per heavy atom. The van der Waals surface area contributed by atoms with Crippen molar-refractivity contribution in [3.8, 4) is 0 Å². The highest BCUT2D eigenvalue weighted by Crippen LogP contribution is 2.23. The molecule has 0 bridgehead atoms. The zero-order valence-corrected chi connectivity index (χ0v) is 15.7. The van der Waals surface area contributed by atoms with Crippen molar-refractivity contribution in [1.82, 2.24) is 19.7 Å². The normalized spacial score (nSPS) is 11.1. The van der Waals surface area contributed by atoms with Crippen LogP contribution in [0.15, 0.2) is 48.5 Å². The first-order valence-electron chi connectivity index (χ1n) is 8.56. The maximum atomic E-state index is 12.7. The lowest BCUT2D eigenvalue weighted by Crippen LogP contribution is -2.14. The molecule has 0 unspecified atom stereocenters. The van der Waals surface area contributed by atoms with E-state index in [9.17, 15) is 4.79 Å². The number of para-hydroxylation sites is 2. The number of halogens is 1. The number of aromatic nitrogens is 4. The molecule has 7 heteroatoms. The molecule has 27 heavy (non-hydrogen) atoms. The number of aromatic amines is 1. The molecule has 1 amide bonds. The third-order valence-electron chi connectivity index (χ3n) is 4.37. The standard InChI is InChI=1S/C20H18ClN5O/c1-12-7-9-14(10-8-12)11-26-18(21)17(13(2)25-26)19(27)24-20-22-15-5-3-4-6-16(15)23-20/h3-10H,11H2,1-2H3,(H2,22,23,24,27). The summed E-state index contributed by atoms with van der Waals surface area (Å²) in [7, 11) is 0. The fourth-order valence-corrected chi connectivity index (χ4v) is 3.28. The summed E-state index contributed by atoms with van der Waals surface area (Å²) >= 11 is 6.46. The predicted molar refractivity (Wildman–Crippen MR) is 106 cm³/mol. The minimum absolute atomic E-state index is 0.307. The van der Waals surface area contributed by atoms with E-state index in [1.54, 1.807) is 11.6 Å². The van der Waals surface area contributed by atoms with E-state index in [4.69, 9.17) is 11.6 Å². The number of anilines is 1. The van der Waals surface area contributed by atoms with E-state index >= 15 is 0 Å². The van der Waals surface area contributed by atoms with Gasteiger partial charge in [0.15, 0.2) is 0 Å². The second-order valence-electron chi connectivity index (χ2n) is 6.45. The molecule has 0 saturated heterocycles. The molecule has 2 aromatic heterocycles. The van der Waals surface area contributed by atoms with Gasteiger partial charge in [-0.2, -0.15) is 5.10 Å². The average molecular weight is 380 g/mol. The summed E-state index contributed by atoms with van der Waals surface area (Å²) in [4.78, 5) is 20.2. The van der Waals surface area contributed by atoms with Crippen LogP contribution in [-0.4, -0.2) is 25.7 Å². The fraction of sp³-hybridized carbons (Fsp3) is 0.150. The number of fused-ring (bicyclic) bond motifs is 1. The second kappa shape index (κ2) is 6.89. The minimum atomic E-state index is -0.341. The highest BCUT2D eigenvalue weighted by molar-refractivity contribution is 6.33. The van der Waals surface area contributed by atoms with Gasteiger partial charge in [-0.15, -0.1) is 0 Å². The molecule has 0 aliphatic heterocycles. The van der Waals surface area contributed by atoms with E-state index in [0.29, 0.717) is 28.9 Å². The zero-order chi connectivity index (χ0) is 19.0. The van der Waals surface area contributed by atoms with Crippen LogP contribution in [0, 0.1) is 13.8 Å². The van der Waals surface area contributed by atoms with Gasteiger partial charge in [0.2, 0.25) is 5.95 Å². The van der Waals surface area contributed by atoms with Crippen LogP contribution in [0.1, 0.15) is 27.2 Å². The molecule has 136 valence electrons. The molecule has 2 N–H and O–H groups in total. The number of aryl methyl sites for hydroxylation is 2. The lowest BCUT2D eigenvalue weighted by Gasteiger charge is -2.05. The van der Waals surface area contributed by atoms with Crippen LogP contribution < -0.4 is 5.32 Å². The van der Waals surface area contributed by atoms with Gasteiger partial charge in [0.1, 0.15) is 5.15 Å². The Kier molecular flexibility index (Phi) is 4.41. The molecule has 0 spiro atoms. The lowest BCUT2D eigenvalue weighted by molar-refractivity contribution is 0.102. The quantitative estimate of drug-likeness (QED) is 0.554. The van der Waals surface area contributed by atoms with Crippen LogP contribution in [0.25, 0.3) is 11.0 Å². The van der Waals surface area contributed by atoms with Crippen molar-refractivity contribution < 1.29 is 4.79 Å². The molecule has 6 nitrogen and oxygen atoms in total. The predicted octanol–water partition coefficient (Wildman–Crippen LogP) is 4.33. The van der Waals surface area contributed by atoms with Crippen LogP contribution >= 0.6 is 11.6 Å². The van der Waals surface area contributed by atoms with Gasteiger partial charge < -0.3 is 4.98 Å². The number of benzene rings is 2. The lowest BCUT2D eigenvalue weighted by atomic mass is 10.1. The average Bonchev–Trinajstić information content (AvgIpc) is 3.16. The van der Waals surface area contributed by atoms with Crippen LogP contribution in [0.2, 0.25) is 5.15 Å². The van der Waals surface area contributed by atoms with Gasteiger partial charge >= 0.3 is 0 Å². The Morgan fingerprint density at radius 3 is 2.63 bits per heavy atom. The van der Waals surface area contributed by atoms with Crippen molar-refractivity contribution in [3.63, 3.8) is 0 Å². The highest BCUT2D eigenvalue weighted by atomic mass is 35.5. The van der Waals surface area contributed by atoms with Crippen molar-refractivity contribution in [2.45, 2.75) is 20.4 Å². The van der Waals surface area contributed by atoms with Crippen molar-refractivity contribution in [2.75, 3.05) is 5.32 Å². The van der Waals surface area contributed by atoms with E-state index in [1.807, 2.05) is 55.5 Å². The number of carbonyl (C=O) groups excluding carboxylic acids is 1. The van der Waals surface area contributed by atoms with E-state index < -0.39 is 0 Å². The first kappa shape index (κ1) is 17.3. The van der Waals surface area contributed by atoms with Crippen LogP contribution in [0.5, 0.6) is 0 Å². The van der Waals surface area contributed by atoms with Crippen molar-refractivity contribution in [2.24, 2.45) is 0 Å². The third-order valence-corrected chi connectivity index (χ3v) is 4.75. The molecule has 2 heterocycles. The fourth-order valence-electron chi connectivity index (χ4n) is 2.96. The number of nitrogens with zero attached hydrogens (tertiary/aromatic N) is 3. The Labute approximate surface area is 161 Å². The Bertz CT molecular complexity index is 1090. The summed E-state index contributed by atoms with van der Waals surface area (Å²) < 4.78 is 1.63. The number of carbonyl (C=O) groups is 1. The number of hydrogen-bond acceptors (Lipinski definition) is 3. The smallest absolute Gasteiger partial charge is 0.263 e. The van der Waals surface area contributed by atoms with E-state index in [-0.39, 0.29) is 5.91 Å². The maximum absolute atomic E-state index is 12.7. The maximum Gasteiger partial charge on any atom is 0.263 e. The molecule has 0 atom stereocenters. The molecule has 4 aromatic rings. The molecule has 4 rings (SSSR count). The van der Waals surface area contributed by atoms with Gasteiger partial charge in [-0.05, 0) is 31.5 Å². The summed E-state index contributed by atoms with van der Waals surface area (Å²) in [5, 5.41) is 7.50. The topological polar surface area (TPSA) is 75.6 Å². The Hall–Kier alpha value is -3.12. The van der Waals surface area contributed by atoms with Gasteiger partial charge in [-0.25, -0.2) is 9.67 Å². The summed E-state index contributed by atoms with van der Waals surface area (Å²) in [5.41, 5.74) is 4.81. The number of H-pyrrole nitrogens is 1. The number of amides is 1. The molecule has 0 fully saturated rings. The minimum Gasteiger partial charge on any atom is -0.324 e. The van der Waals surface area contributed by atoms with E-state index in [0.717, 1.165) is 16.6 Å². The van der Waals surface area contributed by atoms with Crippen LogP contribution in [0.3, 0.4) is 0 Å². The number of hydrogen-bond donors (Lipinski definition) is 2. The second-order valence-corrected chi connectivity index (χ2v) is 6.81. The summed E-state index contributed by atoms with van der Waals surface area (Å²) in [5.74, 6) is 0.0367. The molecule has 0 aliphatic carbocycles. The van der Waals surface area contributed by atoms with E-state index in [2.05, 4.69) is 20.4 Å². The van der Waals surface area contributed by atoms with Gasteiger partial charge in [0.05, 0.1) is 28.8 Å². The molecular weight excluding hydrogens is 362 g/mol. The molecule has 0 aliphatic rings. The monoisotopic (exact) mass is 379 g/mol. The zero-order valence-electron chi connectivity index (χ0n) is 15.0. The number of nitrogens with one attached hydrogen (secondary N) is 2. The Balaban J connectivity index is 1.58. The summed E-state index contributed by atoms with van der Waals surface area (Å²) in [6.45, 7) is 4.30. The Morgan fingerprint density at radius 1 is 1.15 bits per heavy atom. The number of imidazole rings is 1. The summed E-state index contributed by atoms with van der Waals surface area (Å²) in [6.07, 6.45) is 0. The molecule has 0 saturated carbocycles. The molecule has 2 aromatic carbocycles. The van der Waals surface area contributed by atoms with Gasteiger partial charge in [-0.1, -0.05) is 53.6 Å². The van der Waals surface area contributed by atoms with Gasteiger partial charge in [-0.3, -0.25) is 10.1 Å². The van der Waals surface area contributed by atoms with Gasteiger partial charge in [0.25, 0.3) is 5.91 Å². The van der Waals surface area contributed by atoms with Crippen LogP contribution in [-0.2, 0) is 6.54 Å². The van der Waals surface area contributed by atoms with E-state index in [1.165, 1.54) is 5.56 Å². The first-order chi connectivity index (χ1) is 13.0. The SMILES string of the molecule is Cc1ccc(Cn2nc(C)c(C(=O)Nc3nc4ccccc4[nH]3)c2Cl)cc1. The third kappa shape index (κ3) is 3.44. The number of rotatable bonds is 4. The summed E-state index contributed by atoms with van der Waals surface area (Å²) in [6, 6.07) is 15.7. The largest absolute Gasteiger partial charge is 0.324 e. The van der Waals surface area contributed by atoms with Crippen molar-refractivity contribution in [3.05, 3.63) is 76.1 Å². The molecular formula is C20H18ClN5O. The molecule has 0 radical (unpaired) electrons. The van der Waals surface area contributed by atoms with Crippen molar-refractivity contribution in [1.29, 1.82) is 0 Å². The highest BCUT2D eigenvalue weighted by Gasteiger charge is 2.21. The van der Waals surface area contributed by atoms with Crippen LogP contribution in [0.4, 0.5) is 5.95 Å². The first-order valence-corrected chi connectivity index (χ1v) is 8.93. The van der Waals surface area contributed by atoms with Crippen molar-refractivity contribution >= 4 is 34.5 Å². The van der Waals surface area contributed by atoms with Gasteiger partial charge in [0, 0.05) is 0 Å².